The normalized spacial score (nSPS) is 10.8. The van der Waals surface area contributed by atoms with Crippen molar-refractivity contribution in [2.45, 2.75) is 6.42 Å². The minimum absolute atomic E-state index is 0.0647. The predicted molar refractivity (Wildman–Crippen MR) is 78.7 cm³/mol. The minimum atomic E-state index is -0.334. The summed E-state index contributed by atoms with van der Waals surface area (Å²) in [4.78, 5) is 18.2. The van der Waals surface area contributed by atoms with E-state index >= 15 is 0 Å². The summed E-state index contributed by atoms with van der Waals surface area (Å²) >= 11 is 0. The summed E-state index contributed by atoms with van der Waals surface area (Å²) < 4.78 is 14.7. The summed E-state index contributed by atoms with van der Waals surface area (Å²) in [6, 6.07) is 12.3. The third kappa shape index (κ3) is 2.76. The molecule has 0 aliphatic rings. The van der Waals surface area contributed by atoms with Crippen LogP contribution in [0.3, 0.4) is 0 Å². The Kier molecular flexibility index (Phi) is 3.39. The lowest BCUT2D eigenvalue weighted by Crippen LogP contribution is -2.27. The molecular weight excluding hydrogens is 269 g/mol. The van der Waals surface area contributed by atoms with Gasteiger partial charge in [0.2, 0.25) is 5.91 Å². The van der Waals surface area contributed by atoms with Gasteiger partial charge in [-0.25, -0.2) is 9.37 Å². The predicted octanol–water partition coefficient (Wildman–Crippen LogP) is 2.68. The van der Waals surface area contributed by atoms with Crippen LogP contribution in [0.2, 0.25) is 0 Å². The van der Waals surface area contributed by atoms with Gasteiger partial charge in [0.15, 0.2) is 0 Å². The zero-order valence-electron chi connectivity index (χ0n) is 11.5. The number of aromatic nitrogens is 2. The molecule has 0 saturated carbocycles. The van der Waals surface area contributed by atoms with Gasteiger partial charge in [0.1, 0.15) is 11.5 Å². The van der Waals surface area contributed by atoms with Crippen molar-refractivity contribution in [2.75, 3.05) is 11.9 Å². The smallest absolute Gasteiger partial charge is 0.232 e. The quantitative estimate of drug-likeness (QED) is 0.741. The Bertz CT molecular complexity index is 783. The van der Waals surface area contributed by atoms with Gasteiger partial charge in [-0.05, 0) is 24.3 Å². The van der Waals surface area contributed by atoms with E-state index in [9.17, 15) is 9.18 Å². The van der Waals surface area contributed by atoms with E-state index in [1.165, 1.54) is 12.3 Å². The molecule has 2 heterocycles. The van der Waals surface area contributed by atoms with Gasteiger partial charge in [0.25, 0.3) is 0 Å². The number of rotatable bonds is 3. The molecule has 0 N–H and O–H groups in total. The average Bonchev–Trinajstić information content (AvgIpc) is 2.88. The third-order valence-electron chi connectivity index (χ3n) is 3.31. The van der Waals surface area contributed by atoms with E-state index in [1.54, 1.807) is 28.6 Å². The number of hydrogen-bond acceptors (Lipinski definition) is 2. The van der Waals surface area contributed by atoms with Crippen molar-refractivity contribution in [1.29, 1.82) is 0 Å². The van der Waals surface area contributed by atoms with Crippen molar-refractivity contribution < 1.29 is 9.18 Å². The first-order valence-electron chi connectivity index (χ1n) is 6.58. The van der Waals surface area contributed by atoms with E-state index in [-0.39, 0.29) is 18.1 Å². The fraction of sp³-hybridized carbons (Fsp3) is 0.125. The Morgan fingerprint density at radius 3 is 2.71 bits per heavy atom. The SMILES string of the molecule is CN(C(=O)Cc1cn2cc(F)ccc2n1)c1ccccc1. The van der Waals surface area contributed by atoms with Crippen LogP contribution in [0, 0.1) is 5.82 Å². The first kappa shape index (κ1) is 13.3. The van der Waals surface area contributed by atoms with Crippen LogP contribution in [0.1, 0.15) is 5.69 Å². The Labute approximate surface area is 121 Å². The molecule has 0 aliphatic carbocycles. The fourth-order valence-corrected chi connectivity index (χ4v) is 2.17. The lowest BCUT2D eigenvalue weighted by molar-refractivity contribution is -0.117. The number of fused-ring (bicyclic) bond motifs is 1. The largest absolute Gasteiger partial charge is 0.315 e. The number of halogens is 1. The Balaban J connectivity index is 1.80. The third-order valence-corrected chi connectivity index (χ3v) is 3.31. The molecular formula is C16H14FN3O. The molecule has 1 aromatic carbocycles. The van der Waals surface area contributed by atoms with Crippen molar-refractivity contribution in [3.63, 3.8) is 0 Å². The van der Waals surface area contributed by atoms with Gasteiger partial charge in [-0.3, -0.25) is 4.79 Å². The fourth-order valence-electron chi connectivity index (χ4n) is 2.17. The maximum Gasteiger partial charge on any atom is 0.232 e. The van der Waals surface area contributed by atoms with Crippen molar-refractivity contribution >= 4 is 17.2 Å². The number of nitrogens with zero attached hydrogens (tertiary/aromatic N) is 3. The van der Waals surface area contributed by atoms with E-state index < -0.39 is 0 Å². The minimum Gasteiger partial charge on any atom is -0.315 e. The molecule has 0 atom stereocenters. The second-order valence-corrected chi connectivity index (χ2v) is 4.81. The standard InChI is InChI=1S/C16H14FN3O/c1-19(14-5-3-2-4-6-14)16(21)9-13-11-20-10-12(17)7-8-15(20)18-13/h2-8,10-11H,9H2,1H3. The van der Waals surface area contributed by atoms with E-state index in [0.717, 1.165) is 5.69 Å². The van der Waals surface area contributed by atoms with Crippen LogP contribution in [-0.4, -0.2) is 22.3 Å². The van der Waals surface area contributed by atoms with E-state index in [4.69, 9.17) is 0 Å². The van der Waals surface area contributed by atoms with Gasteiger partial charge >= 0.3 is 0 Å². The van der Waals surface area contributed by atoms with E-state index in [2.05, 4.69) is 4.98 Å². The van der Waals surface area contributed by atoms with E-state index in [0.29, 0.717) is 11.3 Å². The average molecular weight is 283 g/mol. The molecule has 0 unspecified atom stereocenters. The molecule has 2 aromatic heterocycles. The Morgan fingerprint density at radius 2 is 1.95 bits per heavy atom. The number of benzene rings is 1. The van der Waals surface area contributed by atoms with Gasteiger partial charge in [-0.15, -0.1) is 0 Å². The lowest BCUT2D eigenvalue weighted by Gasteiger charge is -2.16. The lowest BCUT2D eigenvalue weighted by atomic mass is 10.2. The highest BCUT2D eigenvalue weighted by molar-refractivity contribution is 5.94. The number of imidazole rings is 1. The van der Waals surface area contributed by atoms with Gasteiger partial charge < -0.3 is 9.30 Å². The molecule has 1 amide bonds. The van der Waals surface area contributed by atoms with Crippen LogP contribution in [0.4, 0.5) is 10.1 Å². The molecule has 3 rings (SSSR count). The van der Waals surface area contributed by atoms with Crippen molar-refractivity contribution in [1.82, 2.24) is 9.38 Å². The number of pyridine rings is 1. The molecule has 21 heavy (non-hydrogen) atoms. The number of anilines is 1. The molecule has 0 fully saturated rings. The highest BCUT2D eigenvalue weighted by Crippen LogP contribution is 2.13. The summed E-state index contributed by atoms with van der Waals surface area (Å²) in [6.45, 7) is 0. The number of hydrogen-bond donors (Lipinski definition) is 0. The Hall–Kier alpha value is -2.69. The molecule has 0 bridgehead atoms. The van der Waals surface area contributed by atoms with Crippen LogP contribution in [0.25, 0.3) is 5.65 Å². The molecule has 106 valence electrons. The first-order valence-corrected chi connectivity index (χ1v) is 6.58. The summed E-state index contributed by atoms with van der Waals surface area (Å²) in [6.07, 6.45) is 3.20. The summed E-state index contributed by atoms with van der Waals surface area (Å²) in [7, 11) is 1.73. The second kappa shape index (κ2) is 5.36. The molecule has 0 radical (unpaired) electrons. The van der Waals surface area contributed by atoms with Crippen LogP contribution < -0.4 is 4.90 Å². The number of para-hydroxylation sites is 1. The zero-order chi connectivity index (χ0) is 14.8. The van der Waals surface area contributed by atoms with Gasteiger partial charge in [-0.1, -0.05) is 18.2 Å². The zero-order valence-corrected chi connectivity index (χ0v) is 11.5. The summed E-state index contributed by atoms with van der Waals surface area (Å²) in [5.74, 6) is -0.399. The van der Waals surface area contributed by atoms with E-state index in [1.807, 2.05) is 30.3 Å². The molecule has 5 heteroatoms. The van der Waals surface area contributed by atoms with Crippen LogP contribution >= 0.6 is 0 Å². The van der Waals surface area contributed by atoms with Gasteiger partial charge in [-0.2, -0.15) is 0 Å². The molecule has 0 saturated heterocycles. The Morgan fingerprint density at radius 1 is 1.19 bits per heavy atom. The van der Waals surface area contributed by atoms with Crippen LogP contribution in [0.5, 0.6) is 0 Å². The highest BCUT2D eigenvalue weighted by atomic mass is 19.1. The van der Waals surface area contributed by atoms with Gasteiger partial charge in [0, 0.05) is 25.1 Å². The maximum atomic E-state index is 13.1. The number of carbonyl (C=O) groups is 1. The highest BCUT2D eigenvalue weighted by Gasteiger charge is 2.13. The molecule has 4 nitrogen and oxygen atoms in total. The van der Waals surface area contributed by atoms with Crippen molar-refractivity contribution in [2.24, 2.45) is 0 Å². The van der Waals surface area contributed by atoms with Gasteiger partial charge in [0.05, 0.1) is 12.1 Å². The van der Waals surface area contributed by atoms with Crippen LogP contribution in [-0.2, 0) is 11.2 Å². The number of amides is 1. The monoisotopic (exact) mass is 283 g/mol. The number of likely N-dealkylation sites (N-methyl/N-ethyl adjacent to an activating group) is 1. The molecule has 0 spiro atoms. The van der Waals surface area contributed by atoms with Crippen LogP contribution in [0.15, 0.2) is 54.9 Å². The van der Waals surface area contributed by atoms with Crippen molar-refractivity contribution in [3.05, 3.63) is 66.4 Å². The van der Waals surface area contributed by atoms with Crippen molar-refractivity contribution in [3.8, 4) is 0 Å². The topological polar surface area (TPSA) is 37.6 Å². The summed E-state index contributed by atoms with van der Waals surface area (Å²) in [5, 5.41) is 0. The maximum absolute atomic E-state index is 13.1. The molecule has 3 aromatic rings. The summed E-state index contributed by atoms with van der Waals surface area (Å²) in [5.41, 5.74) is 2.08. The second-order valence-electron chi connectivity index (χ2n) is 4.81. The number of carbonyl (C=O) groups excluding carboxylic acids is 1. The molecule has 0 aliphatic heterocycles. The first-order chi connectivity index (χ1) is 10.1.